The highest BCUT2D eigenvalue weighted by Gasteiger charge is 2.74. The Morgan fingerprint density at radius 3 is 2.60 bits per heavy atom. The Morgan fingerprint density at radius 1 is 1.28 bits per heavy atom. The number of carbonyl (C=O) groups excluding carboxylic acids is 2. The maximum atomic E-state index is 12.8. The van der Waals surface area contributed by atoms with E-state index in [1.165, 1.54) is 6.08 Å². The standard InChI is InChI=1S/C19H24O6/c1-9(2)19(22)18(5)15-12(23-16(18)21)6-10(3)11-7-14(20)17(4,24-11)8-13(15)25-19/h6-7,9,12-13,15,22H,8H2,1-5H3/b10-6-/t12-,13-,15-,17+,18+,19+/m0/s1. The van der Waals surface area contributed by atoms with Crippen molar-refractivity contribution in [2.24, 2.45) is 17.3 Å². The van der Waals surface area contributed by atoms with E-state index in [9.17, 15) is 14.7 Å². The minimum Gasteiger partial charge on any atom is -0.479 e. The van der Waals surface area contributed by atoms with Gasteiger partial charge in [-0.3, -0.25) is 9.59 Å². The first-order valence-electron chi connectivity index (χ1n) is 8.78. The van der Waals surface area contributed by atoms with Gasteiger partial charge in [0.2, 0.25) is 5.78 Å². The summed E-state index contributed by atoms with van der Waals surface area (Å²) in [6.45, 7) is 8.91. The normalized spacial score (nSPS) is 50.3. The molecule has 0 spiro atoms. The van der Waals surface area contributed by atoms with Gasteiger partial charge in [-0.25, -0.2) is 0 Å². The molecule has 4 aliphatic heterocycles. The van der Waals surface area contributed by atoms with Gasteiger partial charge in [-0.2, -0.15) is 0 Å². The molecular weight excluding hydrogens is 324 g/mol. The molecule has 0 saturated carbocycles. The van der Waals surface area contributed by atoms with Crippen molar-refractivity contribution in [3.8, 4) is 0 Å². The van der Waals surface area contributed by atoms with Crippen LogP contribution < -0.4 is 0 Å². The third-order valence-electron chi connectivity index (χ3n) is 6.46. The minimum absolute atomic E-state index is 0.121. The molecule has 0 aromatic carbocycles. The van der Waals surface area contributed by atoms with Crippen LogP contribution in [0.3, 0.4) is 0 Å². The Morgan fingerprint density at radius 2 is 1.96 bits per heavy atom. The fourth-order valence-corrected chi connectivity index (χ4v) is 4.86. The van der Waals surface area contributed by atoms with Crippen LogP contribution in [0.2, 0.25) is 0 Å². The molecule has 4 aliphatic rings. The number of ether oxygens (including phenoxy) is 3. The first-order chi connectivity index (χ1) is 11.5. The zero-order valence-electron chi connectivity index (χ0n) is 15.2. The lowest BCUT2D eigenvalue weighted by Gasteiger charge is -2.37. The third kappa shape index (κ3) is 1.87. The molecule has 4 heterocycles. The average molecular weight is 348 g/mol. The summed E-state index contributed by atoms with van der Waals surface area (Å²) < 4.78 is 17.7. The minimum atomic E-state index is -1.65. The van der Waals surface area contributed by atoms with Crippen LogP contribution in [0.5, 0.6) is 0 Å². The van der Waals surface area contributed by atoms with Crippen molar-refractivity contribution in [3.05, 3.63) is 23.5 Å². The van der Waals surface area contributed by atoms with Crippen molar-refractivity contribution in [2.75, 3.05) is 0 Å². The predicted molar refractivity (Wildman–Crippen MR) is 87.1 cm³/mol. The largest absolute Gasteiger partial charge is 0.479 e. The Labute approximate surface area is 146 Å². The highest BCUT2D eigenvalue weighted by molar-refractivity contribution is 6.00. The molecule has 2 bridgehead atoms. The number of esters is 1. The third-order valence-corrected chi connectivity index (χ3v) is 6.46. The maximum Gasteiger partial charge on any atom is 0.318 e. The van der Waals surface area contributed by atoms with Crippen LogP contribution in [0, 0.1) is 17.3 Å². The van der Waals surface area contributed by atoms with Crippen LogP contribution in [0.4, 0.5) is 0 Å². The molecule has 136 valence electrons. The molecule has 6 atom stereocenters. The van der Waals surface area contributed by atoms with E-state index in [-0.39, 0.29) is 24.0 Å². The molecule has 1 N–H and O–H groups in total. The van der Waals surface area contributed by atoms with Gasteiger partial charge in [0.25, 0.3) is 0 Å². The number of fused-ring (bicyclic) bond motifs is 2. The number of aliphatic hydroxyl groups is 1. The van der Waals surface area contributed by atoms with E-state index in [0.29, 0.717) is 5.76 Å². The fraction of sp³-hybridized carbons (Fsp3) is 0.684. The van der Waals surface area contributed by atoms with E-state index in [4.69, 9.17) is 14.2 Å². The van der Waals surface area contributed by atoms with E-state index < -0.39 is 35.0 Å². The highest BCUT2D eigenvalue weighted by atomic mass is 16.7. The van der Waals surface area contributed by atoms with Gasteiger partial charge in [0.05, 0.1) is 6.10 Å². The highest BCUT2D eigenvalue weighted by Crippen LogP contribution is 2.60. The monoisotopic (exact) mass is 348 g/mol. The van der Waals surface area contributed by atoms with Gasteiger partial charge in [0.1, 0.15) is 17.3 Å². The zero-order valence-corrected chi connectivity index (χ0v) is 15.2. The van der Waals surface area contributed by atoms with Crippen molar-refractivity contribution in [1.29, 1.82) is 0 Å². The Balaban J connectivity index is 1.89. The molecule has 0 unspecified atom stereocenters. The summed E-state index contributed by atoms with van der Waals surface area (Å²) in [5.41, 5.74) is -1.50. The van der Waals surface area contributed by atoms with E-state index in [0.717, 1.165) is 5.57 Å². The van der Waals surface area contributed by atoms with E-state index in [1.807, 2.05) is 26.8 Å². The summed E-state index contributed by atoms with van der Waals surface area (Å²) in [5.74, 6) is -2.41. The Kier molecular flexibility index (Phi) is 3.18. The number of allylic oxidation sites excluding steroid dienone is 1. The topological polar surface area (TPSA) is 82.1 Å². The molecular formula is C19H24O6. The van der Waals surface area contributed by atoms with Crippen LogP contribution in [-0.2, 0) is 23.8 Å². The summed E-state index contributed by atoms with van der Waals surface area (Å²) in [5, 5.41) is 11.3. The van der Waals surface area contributed by atoms with Gasteiger partial charge in [0.15, 0.2) is 11.4 Å². The molecule has 25 heavy (non-hydrogen) atoms. The summed E-state index contributed by atoms with van der Waals surface area (Å²) >= 11 is 0. The van der Waals surface area contributed by atoms with Crippen molar-refractivity contribution in [1.82, 2.24) is 0 Å². The number of ketones is 1. The molecule has 6 heteroatoms. The molecule has 6 nitrogen and oxygen atoms in total. The summed E-state index contributed by atoms with van der Waals surface area (Å²) in [6, 6.07) is 0. The predicted octanol–water partition coefficient (Wildman–Crippen LogP) is 1.87. The van der Waals surface area contributed by atoms with Crippen LogP contribution in [0.25, 0.3) is 0 Å². The van der Waals surface area contributed by atoms with Gasteiger partial charge in [-0.1, -0.05) is 13.8 Å². The molecule has 2 saturated heterocycles. The van der Waals surface area contributed by atoms with Crippen molar-refractivity contribution in [3.63, 3.8) is 0 Å². The van der Waals surface area contributed by atoms with E-state index >= 15 is 0 Å². The number of hydrogen-bond acceptors (Lipinski definition) is 6. The average Bonchev–Trinajstić information content (AvgIpc) is 3.03. The Bertz CT molecular complexity index is 736. The lowest BCUT2D eigenvalue weighted by Crippen LogP contribution is -2.52. The van der Waals surface area contributed by atoms with Gasteiger partial charge >= 0.3 is 5.97 Å². The van der Waals surface area contributed by atoms with E-state index in [1.54, 1.807) is 13.8 Å². The summed E-state index contributed by atoms with van der Waals surface area (Å²) in [4.78, 5) is 25.3. The van der Waals surface area contributed by atoms with Gasteiger partial charge in [-0.15, -0.1) is 0 Å². The second kappa shape index (κ2) is 4.74. The summed E-state index contributed by atoms with van der Waals surface area (Å²) in [6.07, 6.45) is 2.52. The second-order valence-corrected chi connectivity index (χ2v) is 8.37. The molecule has 0 aromatic heterocycles. The number of rotatable bonds is 1. The first kappa shape index (κ1) is 16.8. The molecule has 4 rings (SSSR count). The zero-order chi connectivity index (χ0) is 18.4. The maximum absolute atomic E-state index is 12.8. The SMILES string of the molecule is C/C1=C/[C@@H]2OC(=O)[C@@]3(C)[C@@H]2[C@H](C[C@@]2(C)OC1=CC2=O)O[C@]3(O)C(C)C. The van der Waals surface area contributed by atoms with Crippen LogP contribution in [-0.4, -0.2) is 40.5 Å². The molecule has 2 fully saturated rings. The van der Waals surface area contributed by atoms with Crippen LogP contribution in [0.15, 0.2) is 23.5 Å². The van der Waals surface area contributed by atoms with Crippen molar-refractivity contribution < 1.29 is 28.9 Å². The smallest absolute Gasteiger partial charge is 0.318 e. The van der Waals surface area contributed by atoms with Gasteiger partial charge in [0, 0.05) is 24.3 Å². The molecule has 0 aliphatic carbocycles. The molecule has 0 amide bonds. The number of hydrogen-bond donors (Lipinski definition) is 1. The van der Waals surface area contributed by atoms with E-state index in [2.05, 4.69) is 0 Å². The fourth-order valence-electron chi connectivity index (χ4n) is 4.86. The van der Waals surface area contributed by atoms with Gasteiger partial charge in [-0.05, 0) is 32.4 Å². The number of carbonyl (C=O) groups is 2. The second-order valence-electron chi connectivity index (χ2n) is 8.37. The summed E-state index contributed by atoms with van der Waals surface area (Å²) in [7, 11) is 0. The van der Waals surface area contributed by atoms with Gasteiger partial charge < -0.3 is 19.3 Å². The lowest BCUT2D eigenvalue weighted by atomic mass is 9.66. The van der Waals surface area contributed by atoms with Crippen LogP contribution >= 0.6 is 0 Å². The van der Waals surface area contributed by atoms with Crippen molar-refractivity contribution >= 4 is 11.8 Å². The first-order valence-corrected chi connectivity index (χ1v) is 8.78. The van der Waals surface area contributed by atoms with Crippen LogP contribution in [0.1, 0.15) is 41.0 Å². The quantitative estimate of drug-likeness (QED) is 0.729. The molecule has 0 aromatic rings. The lowest BCUT2D eigenvalue weighted by molar-refractivity contribution is -0.264. The van der Waals surface area contributed by atoms with Crippen molar-refractivity contribution in [2.45, 2.75) is 64.6 Å². The Hall–Kier alpha value is -1.66. The molecule has 0 radical (unpaired) electrons.